The number of halogens is 1. The third-order valence-electron chi connectivity index (χ3n) is 2.97. The normalized spacial score (nSPS) is 10.4. The zero-order valence-electron chi connectivity index (χ0n) is 11.7. The van der Waals surface area contributed by atoms with Gasteiger partial charge < -0.3 is 9.47 Å². The summed E-state index contributed by atoms with van der Waals surface area (Å²) >= 11 is 0. The van der Waals surface area contributed by atoms with Crippen molar-refractivity contribution in [1.29, 1.82) is 0 Å². The maximum absolute atomic E-state index is 13.4. The Kier molecular flexibility index (Phi) is 3.96. The molecule has 0 aliphatic rings. The van der Waals surface area contributed by atoms with E-state index in [2.05, 4.69) is 16.5 Å². The summed E-state index contributed by atoms with van der Waals surface area (Å²) in [6.45, 7) is 4.03. The standard InChI is InChI=1S/C17H13FN2O2/c1-2-9-21-13-4-6-14(7-5-13)22-17-15-10-12(18)3-8-16(15)19-11-20-17/h2-8,10-11H,1,9H2. The van der Waals surface area contributed by atoms with Gasteiger partial charge in [-0.05, 0) is 42.5 Å². The van der Waals surface area contributed by atoms with Crippen LogP contribution in [-0.4, -0.2) is 16.6 Å². The van der Waals surface area contributed by atoms with E-state index in [4.69, 9.17) is 9.47 Å². The van der Waals surface area contributed by atoms with Gasteiger partial charge in [0, 0.05) is 0 Å². The van der Waals surface area contributed by atoms with Gasteiger partial charge >= 0.3 is 0 Å². The first kappa shape index (κ1) is 14.0. The first-order valence-electron chi connectivity index (χ1n) is 6.68. The minimum absolute atomic E-state index is 0.309. The van der Waals surface area contributed by atoms with Crippen molar-refractivity contribution in [3.63, 3.8) is 0 Å². The van der Waals surface area contributed by atoms with Crippen LogP contribution in [0.25, 0.3) is 10.9 Å². The largest absolute Gasteiger partial charge is 0.490 e. The number of nitrogens with zero attached hydrogens (tertiary/aromatic N) is 2. The molecule has 1 heterocycles. The van der Waals surface area contributed by atoms with E-state index in [1.807, 2.05) is 0 Å². The third kappa shape index (κ3) is 3.03. The SMILES string of the molecule is C=CCOc1ccc(Oc2ncnc3ccc(F)cc23)cc1. The van der Waals surface area contributed by atoms with Crippen LogP contribution in [0.1, 0.15) is 0 Å². The summed E-state index contributed by atoms with van der Waals surface area (Å²) in [6.07, 6.45) is 3.06. The van der Waals surface area contributed by atoms with E-state index in [9.17, 15) is 4.39 Å². The fraction of sp³-hybridized carbons (Fsp3) is 0.0588. The molecule has 4 nitrogen and oxygen atoms in total. The van der Waals surface area contributed by atoms with Crippen LogP contribution in [0.15, 0.2) is 61.4 Å². The summed E-state index contributed by atoms with van der Waals surface area (Å²) in [5, 5.41) is 0.523. The molecule has 22 heavy (non-hydrogen) atoms. The van der Waals surface area contributed by atoms with Crippen molar-refractivity contribution in [1.82, 2.24) is 9.97 Å². The van der Waals surface area contributed by atoms with Crippen molar-refractivity contribution in [3.05, 3.63) is 67.3 Å². The second-order valence-corrected chi connectivity index (χ2v) is 4.51. The van der Waals surface area contributed by atoms with Gasteiger partial charge in [-0.3, -0.25) is 0 Å². The first-order chi connectivity index (χ1) is 10.8. The molecule has 0 unspecified atom stereocenters. The molecular formula is C17H13FN2O2. The molecule has 2 aromatic carbocycles. The van der Waals surface area contributed by atoms with E-state index in [0.29, 0.717) is 34.9 Å². The van der Waals surface area contributed by atoms with Gasteiger partial charge in [0.25, 0.3) is 0 Å². The van der Waals surface area contributed by atoms with Crippen molar-refractivity contribution >= 4 is 10.9 Å². The van der Waals surface area contributed by atoms with Crippen LogP contribution < -0.4 is 9.47 Å². The summed E-state index contributed by atoms with van der Waals surface area (Å²) < 4.78 is 24.5. The van der Waals surface area contributed by atoms with Gasteiger partial charge in [-0.15, -0.1) is 0 Å². The quantitative estimate of drug-likeness (QED) is 0.664. The minimum atomic E-state index is -0.361. The summed E-state index contributed by atoms with van der Waals surface area (Å²) in [5.41, 5.74) is 0.623. The van der Waals surface area contributed by atoms with Crippen molar-refractivity contribution in [2.45, 2.75) is 0 Å². The minimum Gasteiger partial charge on any atom is -0.490 e. The van der Waals surface area contributed by atoms with E-state index in [0.717, 1.165) is 0 Å². The Morgan fingerprint density at radius 2 is 1.82 bits per heavy atom. The first-order valence-corrected chi connectivity index (χ1v) is 6.68. The number of ether oxygens (including phenoxy) is 2. The van der Waals surface area contributed by atoms with E-state index in [1.165, 1.54) is 18.5 Å². The van der Waals surface area contributed by atoms with Crippen molar-refractivity contribution in [2.75, 3.05) is 6.61 Å². The second kappa shape index (κ2) is 6.22. The molecule has 0 radical (unpaired) electrons. The molecule has 0 atom stereocenters. The molecular weight excluding hydrogens is 283 g/mol. The van der Waals surface area contributed by atoms with Gasteiger partial charge in [0.2, 0.25) is 5.88 Å². The number of benzene rings is 2. The lowest BCUT2D eigenvalue weighted by molar-refractivity contribution is 0.362. The van der Waals surface area contributed by atoms with E-state index < -0.39 is 0 Å². The smallest absolute Gasteiger partial charge is 0.230 e. The molecule has 0 amide bonds. The molecule has 3 rings (SSSR count). The molecule has 0 saturated heterocycles. The maximum Gasteiger partial charge on any atom is 0.230 e. The molecule has 0 saturated carbocycles. The Morgan fingerprint density at radius 3 is 2.59 bits per heavy atom. The highest BCUT2D eigenvalue weighted by atomic mass is 19.1. The Labute approximate surface area is 126 Å². The summed E-state index contributed by atoms with van der Waals surface area (Å²) in [5.74, 6) is 1.24. The van der Waals surface area contributed by atoms with Gasteiger partial charge in [0.15, 0.2) is 0 Å². The summed E-state index contributed by atoms with van der Waals surface area (Å²) in [4.78, 5) is 8.16. The van der Waals surface area contributed by atoms with Crippen LogP contribution in [-0.2, 0) is 0 Å². The average molecular weight is 296 g/mol. The molecule has 3 aromatic rings. The lowest BCUT2D eigenvalue weighted by Gasteiger charge is -2.08. The monoisotopic (exact) mass is 296 g/mol. The van der Waals surface area contributed by atoms with E-state index in [1.54, 1.807) is 36.4 Å². The molecule has 0 spiro atoms. The Hall–Kier alpha value is -2.95. The zero-order valence-corrected chi connectivity index (χ0v) is 11.7. The second-order valence-electron chi connectivity index (χ2n) is 4.51. The highest BCUT2D eigenvalue weighted by molar-refractivity contribution is 5.83. The molecule has 0 N–H and O–H groups in total. The topological polar surface area (TPSA) is 44.2 Å². The van der Waals surface area contributed by atoms with Crippen LogP contribution >= 0.6 is 0 Å². The molecule has 1 aromatic heterocycles. The summed E-state index contributed by atoms with van der Waals surface area (Å²) in [6, 6.07) is 11.4. The van der Waals surface area contributed by atoms with Gasteiger partial charge in [-0.1, -0.05) is 12.7 Å². The molecule has 0 fully saturated rings. The molecule has 0 aliphatic heterocycles. The lowest BCUT2D eigenvalue weighted by atomic mass is 10.2. The van der Waals surface area contributed by atoms with Gasteiger partial charge in [-0.2, -0.15) is 0 Å². The zero-order chi connectivity index (χ0) is 15.4. The van der Waals surface area contributed by atoms with Gasteiger partial charge in [-0.25, -0.2) is 14.4 Å². The van der Waals surface area contributed by atoms with Gasteiger partial charge in [0.05, 0.1) is 10.9 Å². The van der Waals surface area contributed by atoms with Crippen LogP contribution in [0, 0.1) is 5.82 Å². The molecule has 110 valence electrons. The number of rotatable bonds is 5. The van der Waals surface area contributed by atoms with Crippen LogP contribution in [0.2, 0.25) is 0 Å². The van der Waals surface area contributed by atoms with E-state index in [-0.39, 0.29) is 5.82 Å². The van der Waals surface area contributed by atoms with Crippen LogP contribution in [0.3, 0.4) is 0 Å². The third-order valence-corrected chi connectivity index (χ3v) is 2.97. The van der Waals surface area contributed by atoms with Crippen molar-refractivity contribution in [2.24, 2.45) is 0 Å². The fourth-order valence-corrected chi connectivity index (χ4v) is 1.96. The van der Waals surface area contributed by atoms with Crippen LogP contribution in [0.5, 0.6) is 17.4 Å². The Balaban J connectivity index is 1.86. The van der Waals surface area contributed by atoms with Crippen LogP contribution in [0.4, 0.5) is 4.39 Å². The molecule has 5 heteroatoms. The van der Waals surface area contributed by atoms with Crippen molar-refractivity contribution < 1.29 is 13.9 Å². The number of fused-ring (bicyclic) bond motifs is 1. The Morgan fingerprint density at radius 1 is 1.05 bits per heavy atom. The maximum atomic E-state index is 13.4. The fourth-order valence-electron chi connectivity index (χ4n) is 1.96. The molecule has 0 bridgehead atoms. The highest BCUT2D eigenvalue weighted by Crippen LogP contribution is 2.28. The lowest BCUT2D eigenvalue weighted by Crippen LogP contribution is -1.94. The van der Waals surface area contributed by atoms with Gasteiger partial charge in [0.1, 0.15) is 30.3 Å². The highest BCUT2D eigenvalue weighted by Gasteiger charge is 2.07. The van der Waals surface area contributed by atoms with E-state index >= 15 is 0 Å². The number of aromatic nitrogens is 2. The predicted molar refractivity (Wildman–Crippen MR) is 81.7 cm³/mol. The number of hydrogen-bond acceptors (Lipinski definition) is 4. The predicted octanol–water partition coefficient (Wildman–Crippen LogP) is 4.13. The molecule has 0 aliphatic carbocycles. The number of hydrogen-bond donors (Lipinski definition) is 0. The van der Waals surface area contributed by atoms with Crippen molar-refractivity contribution in [3.8, 4) is 17.4 Å². The summed E-state index contributed by atoms with van der Waals surface area (Å²) in [7, 11) is 0. The average Bonchev–Trinajstić information content (AvgIpc) is 2.55. The Bertz CT molecular complexity index is 803.